The highest BCUT2D eigenvalue weighted by Crippen LogP contribution is 2.35. The first-order chi connectivity index (χ1) is 21.4. The summed E-state index contributed by atoms with van der Waals surface area (Å²) in [5, 5.41) is 8.79. The number of primary amides is 1. The number of ketones is 1. The maximum Gasteiger partial charge on any atom is 0.315 e. The number of likely N-dealkylation sites (tertiary alicyclic amines) is 1. The van der Waals surface area contributed by atoms with Crippen molar-refractivity contribution < 1.29 is 28.7 Å². The third-order valence-electron chi connectivity index (χ3n) is 10.1. The van der Waals surface area contributed by atoms with Crippen LogP contribution in [0, 0.1) is 29.6 Å². The zero-order valence-corrected chi connectivity index (χ0v) is 27.3. The number of benzene rings is 1. The van der Waals surface area contributed by atoms with Crippen molar-refractivity contribution in [2.45, 2.75) is 96.8 Å². The van der Waals surface area contributed by atoms with E-state index < -0.39 is 41.8 Å². The van der Waals surface area contributed by atoms with Crippen LogP contribution in [0.2, 0.25) is 0 Å². The molecule has 5 N–H and O–H groups in total. The first-order valence-electron chi connectivity index (χ1n) is 16.5. The minimum atomic E-state index is -1.08. The number of ether oxygens (including phenoxy) is 1. The van der Waals surface area contributed by atoms with Gasteiger partial charge < -0.3 is 31.3 Å². The highest BCUT2D eigenvalue weighted by atomic mass is 16.5. The Kier molecular flexibility index (Phi) is 11.6. The summed E-state index contributed by atoms with van der Waals surface area (Å²) in [5.41, 5.74) is 7.64. The van der Waals surface area contributed by atoms with Gasteiger partial charge in [0.1, 0.15) is 12.1 Å². The topological polar surface area (TPSA) is 160 Å². The molecule has 0 spiro atoms. The van der Waals surface area contributed by atoms with Gasteiger partial charge in [-0.25, -0.2) is 4.79 Å². The van der Waals surface area contributed by atoms with Crippen molar-refractivity contribution in [2.75, 3.05) is 20.3 Å². The zero-order chi connectivity index (χ0) is 32.8. The van der Waals surface area contributed by atoms with Crippen LogP contribution in [0.4, 0.5) is 4.79 Å². The number of rotatable bonds is 14. The lowest BCUT2D eigenvalue weighted by atomic mass is 9.80. The normalized spacial score (nSPS) is 22.0. The maximum atomic E-state index is 14.5. The monoisotopic (exact) mass is 625 g/mol. The highest BCUT2D eigenvalue weighted by Gasteiger charge is 2.48. The fraction of sp³-hybridized carbons (Fsp3) is 0.676. The van der Waals surface area contributed by atoms with Gasteiger partial charge in [0.05, 0.1) is 18.7 Å². The van der Waals surface area contributed by atoms with Crippen molar-refractivity contribution in [1.82, 2.24) is 20.9 Å². The van der Waals surface area contributed by atoms with Gasteiger partial charge in [0.2, 0.25) is 17.6 Å². The van der Waals surface area contributed by atoms with E-state index in [4.69, 9.17) is 10.5 Å². The number of nitrogens with two attached hydrogens (primary N) is 1. The number of Topliss-reactive ketones (excluding diaryl/α,β-unsaturated/α-hetero) is 1. The van der Waals surface area contributed by atoms with Gasteiger partial charge in [-0.2, -0.15) is 0 Å². The van der Waals surface area contributed by atoms with Crippen molar-refractivity contribution in [1.29, 1.82) is 0 Å². The fourth-order valence-electron chi connectivity index (χ4n) is 7.14. The Morgan fingerprint density at radius 2 is 1.60 bits per heavy atom. The number of amides is 5. The van der Waals surface area contributed by atoms with Crippen LogP contribution in [0.3, 0.4) is 0 Å². The Balaban J connectivity index is 1.59. The Labute approximate surface area is 266 Å². The van der Waals surface area contributed by atoms with Crippen molar-refractivity contribution >= 4 is 29.5 Å². The van der Waals surface area contributed by atoms with Gasteiger partial charge in [-0.1, -0.05) is 71.2 Å². The molecule has 45 heavy (non-hydrogen) atoms. The Bertz CT molecular complexity index is 1220. The van der Waals surface area contributed by atoms with E-state index in [1.165, 1.54) is 0 Å². The van der Waals surface area contributed by atoms with Gasteiger partial charge in [-0.15, -0.1) is 0 Å². The molecule has 1 saturated heterocycles. The molecule has 11 nitrogen and oxygen atoms in total. The van der Waals surface area contributed by atoms with Gasteiger partial charge in [-0.05, 0) is 66.4 Å². The maximum absolute atomic E-state index is 14.5. The van der Waals surface area contributed by atoms with Gasteiger partial charge >= 0.3 is 6.03 Å². The molecule has 3 aliphatic rings. The van der Waals surface area contributed by atoms with Gasteiger partial charge in [0.25, 0.3) is 5.91 Å². The van der Waals surface area contributed by atoms with Crippen molar-refractivity contribution in [3.63, 3.8) is 0 Å². The molecule has 1 heterocycles. The summed E-state index contributed by atoms with van der Waals surface area (Å²) in [7, 11) is 1.58. The smallest absolute Gasteiger partial charge is 0.315 e. The molecule has 1 aliphatic heterocycles. The number of urea groups is 1. The minimum Gasteiger partial charge on any atom is -0.383 e. The molecule has 1 aromatic rings. The first-order valence-corrected chi connectivity index (χ1v) is 16.5. The number of hydrogen-bond acceptors (Lipinski definition) is 6. The molecule has 0 radical (unpaired) electrons. The molecule has 5 atom stereocenters. The molecule has 2 aliphatic carbocycles. The predicted molar refractivity (Wildman–Crippen MR) is 170 cm³/mol. The molecule has 248 valence electrons. The summed E-state index contributed by atoms with van der Waals surface area (Å²) in [6.45, 7) is 8.67. The molecular formula is C34H51N5O6. The SMILES string of the molecule is COC[C@@H](NC(=O)NC(C(=O)N1CC[C@H](C(C)C)C1C(=O)NC(CC1CCC1)C(=O)C(N)=O)C1Cc2ccccc2C1)C(C)C. The second-order valence-corrected chi connectivity index (χ2v) is 13.8. The van der Waals surface area contributed by atoms with Crippen LogP contribution in [0.15, 0.2) is 24.3 Å². The van der Waals surface area contributed by atoms with Crippen molar-refractivity contribution in [2.24, 2.45) is 35.3 Å². The number of nitrogens with zero attached hydrogens (tertiary/aromatic N) is 1. The number of fused-ring (bicyclic) bond motifs is 1. The van der Waals surface area contributed by atoms with Gasteiger partial charge in [-0.3, -0.25) is 19.2 Å². The summed E-state index contributed by atoms with van der Waals surface area (Å²) in [6.07, 6.45) is 5.10. The second kappa shape index (κ2) is 15.2. The molecule has 0 bridgehead atoms. The van der Waals surface area contributed by atoms with E-state index in [-0.39, 0.29) is 41.5 Å². The molecule has 11 heteroatoms. The first kappa shape index (κ1) is 34.4. The predicted octanol–water partition coefficient (Wildman–Crippen LogP) is 2.34. The van der Waals surface area contributed by atoms with E-state index in [1.54, 1.807) is 12.0 Å². The summed E-state index contributed by atoms with van der Waals surface area (Å²) in [4.78, 5) is 68.2. The van der Waals surface area contributed by atoms with Crippen LogP contribution in [0.1, 0.15) is 70.9 Å². The van der Waals surface area contributed by atoms with Crippen LogP contribution in [0.25, 0.3) is 0 Å². The van der Waals surface area contributed by atoms with Crippen LogP contribution >= 0.6 is 0 Å². The lowest BCUT2D eigenvalue weighted by Gasteiger charge is -2.35. The van der Waals surface area contributed by atoms with E-state index in [9.17, 15) is 24.0 Å². The van der Waals surface area contributed by atoms with E-state index >= 15 is 0 Å². The molecule has 0 aromatic heterocycles. The van der Waals surface area contributed by atoms with E-state index in [2.05, 4.69) is 16.0 Å². The third kappa shape index (κ3) is 8.23. The average Bonchev–Trinajstić information content (AvgIpc) is 3.61. The molecule has 1 aromatic carbocycles. The highest BCUT2D eigenvalue weighted by molar-refractivity contribution is 6.37. The van der Waals surface area contributed by atoms with Crippen LogP contribution in [0.5, 0.6) is 0 Å². The third-order valence-corrected chi connectivity index (χ3v) is 10.1. The van der Waals surface area contributed by atoms with E-state index in [0.29, 0.717) is 38.8 Å². The number of carbonyl (C=O) groups is 5. The number of methoxy groups -OCH3 is 1. The Morgan fingerprint density at radius 3 is 2.11 bits per heavy atom. The van der Waals surface area contributed by atoms with Gasteiger partial charge in [0, 0.05) is 13.7 Å². The standard InChI is InChI=1S/C34H51N5O6/c1-19(2)25-13-14-39(29(25)32(42)36-26(30(40)31(35)41)15-21-9-8-10-21)33(43)28(24-16-22-11-6-7-12-23(22)17-24)38-34(44)37-27(18-45-5)20(3)4/h6-7,11-12,19-21,24-29H,8-10,13-18H2,1-5H3,(H2,35,41)(H,36,42)(H2,37,38,44)/t25-,26?,27-,28?,29?/m1/s1. The molecule has 3 unspecified atom stereocenters. The van der Waals surface area contributed by atoms with Gasteiger partial charge in [0.15, 0.2) is 0 Å². The van der Waals surface area contributed by atoms with E-state index in [1.807, 2.05) is 52.0 Å². The molecule has 5 amide bonds. The number of nitrogens with one attached hydrogen (secondary N) is 3. The number of carbonyl (C=O) groups excluding carboxylic acids is 5. The molecule has 2 fully saturated rings. The van der Waals surface area contributed by atoms with Crippen molar-refractivity contribution in [3.05, 3.63) is 35.4 Å². The molecule has 1 saturated carbocycles. The summed E-state index contributed by atoms with van der Waals surface area (Å²) >= 11 is 0. The fourth-order valence-corrected chi connectivity index (χ4v) is 7.14. The quantitative estimate of drug-likeness (QED) is 0.232. The van der Waals surface area contributed by atoms with Crippen LogP contribution < -0.4 is 21.7 Å². The zero-order valence-electron chi connectivity index (χ0n) is 27.3. The lowest BCUT2D eigenvalue weighted by Crippen LogP contribution is -2.60. The second-order valence-electron chi connectivity index (χ2n) is 13.8. The average molecular weight is 626 g/mol. The van der Waals surface area contributed by atoms with Crippen LogP contribution in [-0.4, -0.2) is 78.9 Å². The van der Waals surface area contributed by atoms with Crippen LogP contribution in [-0.2, 0) is 36.8 Å². The minimum absolute atomic E-state index is 0.0711. The lowest BCUT2D eigenvalue weighted by molar-refractivity contribution is -0.144. The largest absolute Gasteiger partial charge is 0.383 e. The summed E-state index contributed by atoms with van der Waals surface area (Å²) in [5.74, 6) is -2.63. The molecular weight excluding hydrogens is 574 g/mol. The van der Waals surface area contributed by atoms with E-state index in [0.717, 1.165) is 30.4 Å². The Hall–Kier alpha value is -3.47. The number of hydrogen-bond donors (Lipinski definition) is 4. The summed E-state index contributed by atoms with van der Waals surface area (Å²) in [6, 6.07) is 4.55. The van der Waals surface area contributed by atoms with Crippen molar-refractivity contribution in [3.8, 4) is 0 Å². The summed E-state index contributed by atoms with van der Waals surface area (Å²) < 4.78 is 5.30. The molecule has 4 rings (SSSR count). The Morgan fingerprint density at radius 1 is 0.956 bits per heavy atom.